The summed E-state index contributed by atoms with van der Waals surface area (Å²) in [6.07, 6.45) is 2.02. The summed E-state index contributed by atoms with van der Waals surface area (Å²) in [4.78, 5) is 13.3. The maximum absolute atomic E-state index is 13.3. The molecule has 1 heterocycles. The molecule has 2 atom stereocenters. The number of imidazole rings is 1. The molecule has 5 nitrogen and oxygen atoms in total. The van der Waals surface area contributed by atoms with Crippen LogP contribution in [-0.2, 0) is 6.54 Å². The lowest BCUT2D eigenvalue weighted by atomic mass is 10.0. The minimum absolute atomic E-state index is 0.149. The molecule has 0 fully saturated rings. The zero-order chi connectivity index (χ0) is 18.5. The zero-order valence-corrected chi connectivity index (χ0v) is 15.1. The highest BCUT2D eigenvalue weighted by Gasteiger charge is 2.27. The number of aliphatic hydroxyl groups is 2. The number of unbranched alkanes of at least 4 members (excludes halogenated alkanes) is 2. The highest BCUT2D eigenvalue weighted by molar-refractivity contribution is 5.76. The van der Waals surface area contributed by atoms with E-state index < -0.39 is 18.8 Å². The van der Waals surface area contributed by atoms with Crippen LogP contribution in [0.25, 0.3) is 11.0 Å². The molecule has 0 saturated heterocycles. The van der Waals surface area contributed by atoms with E-state index in [1.54, 1.807) is 9.13 Å². The Balaban J connectivity index is 2.18. The predicted octanol–water partition coefficient (Wildman–Crippen LogP) is 2.94. The smallest absolute Gasteiger partial charge is 0.329 e. The largest absolute Gasteiger partial charge is 0.394 e. The van der Waals surface area contributed by atoms with Gasteiger partial charge in [0.25, 0.3) is 0 Å². The van der Waals surface area contributed by atoms with Gasteiger partial charge in [-0.1, -0.05) is 62.2 Å². The Morgan fingerprint density at radius 3 is 2.27 bits per heavy atom. The SMILES string of the molecule is CCCCCn1c(=O)n([C@@H](c2ccccc2)[C@H](O)CO)c2ccccc21. The summed E-state index contributed by atoms with van der Waals surface area (Å²) < 4.78 is 3.41. The fourth-order valence-corrected chi connectivity index (χ4v) is 3.53. The highest BCUT2D eigenvalue weighted by atomic mass is 16.3. The van der Waals surface area contributed by atoms with E-state index in [-0.39, 0.29) is 5.69 Å². The van der Waals surface area contributed by atoms with Crippen LogP contribution in [0.4, 0.5) is 0 Å². The first-order chi connectivity index (χ1) is 12.7. The summed E-state index contributed by atoms with van der Waals surface area (Å²) in [5.74, 6) is 0. The third kappa shape index (κ3) is 3.45. The van der Waals surface area contributed by atoms with Gasteiger partial charge >= 0.3 is 5.69 Å². The van der Waals surface area contributed by atoms with Gasteiger partial charge in [0.1, 0.15) is 6.10 Å². The number of fused-ring (bicyclic) bond motifs is 1. The number of nitrogens with zero attached hydrogens (tertiary/aromatic N) is 2. The molecule has 5 heteroatoms. The van der Waals surface area contributed by atoms with Gasteiger partial charge < -0.3 is 10.2 Å². The minimum Gasteiger partial charge on any atom is -0.394 e. The molecule has 26 heavy (non-hydrogen) atoms. The van der Waals surface area contributed by atoms with Crippen molar-refractivity contribution >= 4 is 11.0 Å². The van der Waals surface area contributed by atoms with Crippen LogP contribution >= 0.6 is 0 Å². The van der Waals surface area contributed by atoms with Crippen LogP contribution in [0.15, 0.2) is 59.4 Å². The van der Waals surface area contributed by atoms with Gasteiger partial charge in [0, 0.05) is 6.54 Å². The van der Waals surface area contributed by atoms with Crippen molar-refractivity contribution < 1.29 is 10.2 Å². The Labute approximate surface area is 153 Å². The third-order valence-electron chi connectivity index (χ3n) is 4.83. The topological polar surface area (TPSA) is 67.4 Å². The van der Waals surface area contributed by atoms with Crippen molar-refractivity contribution in [3.63, 3.8) is 0 Å². The maximum Gasteiger partial charge on any atom is 0.329 e. The third-order valence-corrected chi connectivity index (χ3v) is 4.83. The second-order valence-electron chi connectivity index (χ2n) is 6.61. The molecule has 2 N–H and O–H groups in total. The second-order valence-corrected chi connectivity index (χ2v) is 6.61. The molecule has 138 valence electrons. The van der Waals surface area contributed by atoms with E-state index in [4.69, 9.17) is 0 Å². The Kier molecular flexibility index (Phi) is 5.91. The lowest BCUT2D eigenvalue weighted by molar-refractivity contribution is 0.0641. The maximum atomic E-state index is 13.3. The summed E-state index contributed by atoms with van der Waals surface area (Å²) in [6.45, 7) is 2.37. The fourth-order valence-electron chi connectivity index (χ4n) is 3.53. The first-order valence-electron chi connectivity index (χ1n) is 9.22. The number of rotatable bonds is 8. The van der Waals surface area contributed by atoms with Crippen LogP contribution in [0.3, 0.4) is 0 Å². The molecule has 1 aromatic heterocycles. The van der Waals surface area contributed by atoms with Crippen LogP contribution in [0, 0.1) is 0 Å². The summed E-state index contributed by atoms with van der Waals surface area (Å²) in [5, 5.41) is 20.1. The number of aromatic nitrogens is 2. The van der Waals surface area contributed by atoms with E-state index in [0.29, 0.717) is 6.54 Å². The van der Waals surface area contributed by atoms with Crippen LogP contribution in [0.1, 0.15) is 37.8 Å². The van der Waals surface area contributed by atoms with Gasteiger partial charge in [-0.05, 0) is 24.1 Å². The van der Waals surface area contributed by atoms with Gasteiger partial charge in [-0.25, -0.2) is 4.79 Å². The number of aliphatic hydroxyl groups excluding tert-OH is 2. The van der Waals surface area contributed by atoms with Gasteiger partial charge in [0.05, 0.1) is 23.7 Å². The molecular formula is C21H26N2O3. The Bertz CT molecular complexity index is 899. The quantitative estimate of drug-likeness (QED) is 0.611. The monoisotopic (exact) mass is 354 g/mol. The molecule has 0 aliphatic heterocycles. The van der Waals surface area contributed by atoms with Crippen LogP contribution < -0.4 is 5.69 Å². The molecular weight excluding hydrogens is 328 g/mol. The van der Waals surface area contributed by atoms with E-state index in [2.05, 4.69) is 6.92 Å². The van der Waals surface area contributed by atoms with Crippen molar-refractivity contribution in [1.82, 2.24) is 9.13 Å². The molecule has 3 rings (SSSR count). The first-order valence-corrected chi connectivity index (χ1v) is 9.22. The molecule has 0 saturated carbocycles. The zero-order valence-electron chi connectivity index (χ0n) is 15.1. The Hall–Kier alpha value is -2.37. The van der Waals surface area contributed by atoms with Gasteiger partial charge in [-0.15, -0.1) is 0 Å². The van der Waals surface area contributed by atoms with E-state index in [1.807, 2.05) is 54.6 Å². The average Bonchev–Trinajstić information content (AvgIpc) is 2.95. The van der Waals surface area contributed by atoms with Gasteiger partial charge in [-0.3, -0.25) is 9.13 Å². The molecule has 3 aromatic rings. The number of para-hydroxylation sites is 2. The molecule has 0 amide bonds. The molecule has 2 aromatic carbocycles. The lowest BCUT2D eigenvalue weighted by Gasteiger charge is -2.23. The Morgan fingerprint density at radius 2 is 1.62 bits per heavy atom. The van der Waals surface area contributed by atoms with Crippen LogP contribution in [0.5, 0.6) is 0 Å². The van der Waals surface area contributed by atoms with Crippen molar-refractivity contribution in [2.24, 2.45) is 0 Å². The number of hydrogen-bond acceptors (Lipinski definition) is 3. The van der Waals surface area contributed by atoms with Crippen molar-refractivity contribution in [2.45, 2.75) is 44.9 Å². The van der Waals surface area contributed by atoms with Crippen LogP contribution in [0.2, 0.25) is 0 Å². The summed E-state index contributed by atoms with van der Waals surface area (Å²) >= 11 is 0. The van der Waals surface area contributed by atoms with Crippen molar-refractivity contribution in [1.29, 1.82) is 0 Å². The average molecular weight is 354 g/mol. The lowest BCUT2D eigenvalue weighted by Crippen LogP contribution is -2.36. The first kappa shape index (κ1) is 18.4. The van der Waals surface area contributed by atoms with E-state index >= 15 is 0 Å². The van der Waals surface area contributed by atoms with Crippen molar-refractivity contribution in [3.05, 3.63) is 70.6 Å². The van der Waals surface area contributed by atoms with E-state index in [9.17, 15) is 15.0 Å². The molecule has 0 spiro atoms. The second kappa shape index (κ2) is 8.34. The summed E-state index contributed by atoms with van der Waals surface area (Å²) in [7, 11) is 0. The predicted molar refractivity (Wildman–Crippen MR) is 103 cm³/mol. The molecule has 0 aliphatic carbocycles. The number of hydrogen-bond donors (Lipinski definition) is 2. The van der Waals surface area contributed by atoms with Gasteiger partial charge in [0.2, 0.25) is 0 Å². The highest BCUT2D eigenvalue weighted by Crippen LogP contribution is 2.26. The van der Waals surface area contributed by atoms with Crippen molar-refractivity contribution in [2.75, 3.05) is 6.61 Å². The van der Waals surface area contributed by atoms with E-state index in [0.717, 1.165) is 35.9 Å². The molecule has 0 bridgehead atoms. The standard InChI is InChI=1S/C21H26N2O3/c1-2-3-9-14-22-17-12-7-8-13-18(17)23(21(22)26)20(19(25)15-24)16-10-5-4-6-11-16/h4-8,10-13,19-20,24-25H,2-3,9,14-15H2,1H3/t19-,20+/m1/s1. The van der Waals surface area contributed by atoms with Crippen LogP contribution in [-0.4, -0.2) is 32.1 Å². The Morgan fingerprint density at radius 1 is 0.962 bits per heavy atom. The molecule has 0 aliphatic rings. The number of benzene rings is 2. The number of aryl methyl sites for hydroxylation is 1. The summed E-state index contributed by atoms with van der Waals surface area (Å²) in [6, 6.07) is 16.4. The van der Waals surface area contributed by atoms with E-state index in [1.165, 1.54) is 0 Å². The molecule has 0 unspecified atom stereocenters. The molecule has 0 radical (unpaired) electrons. The van der Waals surface area contributed by atoms with Gasteiger partial charge in [-0.2, -0.15) is 0 Å². The summed E-state index contributed by atoms with van der Waals surface area (Å²) in [5.41, 5.74) is 2.28. The van der Waals surface area contributed by atoms with Gasteiger partial charge in [0.15, 0.2) is 0 Å². The fraction of sp³-hybridized carbons (Fsp3) is 0.381. The van der Waals surface area contributed by atoms with Crippen molar-refractivity contribution in [3.8, 4) is 0 Å². The minimum atomic E-state index is -1.06. The normalized spacial score (nSPS) is 13.8.